The SMILES string of the molecule is NC(=O)NCCCCCC(=O)N1CCN(S(=O)(=O)c2ccc(F)cc2F)CC1. The lowest BCUT2D eigenvalue weighted by atomic mass is 10.1. The first-order valence-corrected chi connectivity index (χ1v) is 10.4. The zero-order valence-corrected chi connectivity index (χ0v) is 16.2. The number of nitrogens with one attached hydrogen (secondary N) is 1. The van der Waals surface area contributed by atoms with Crippen molar-refractivity contribution in [3.63, 3.8) is 0 Å². The summed E-state index contributed by atoms with van der Waals surface area (Å²) in [6.07, 6.45) is 2.45. The van der Waals surface area contributed by atoms with Gasteiger partial charge in [0.15, 0.2) is 0 Å². The van der Waals surface area contributed by atoms with Crippen molar-refractivity contribution in [2.24, 2.45) is 5.73 Å². The van der Waals surface area contributed by atoms with Gasteiger partial charge in [0.2, 0.25) is 15.9 Å². The molecule has 1 saturated heterocycles. The molecular weight excluding hydrogens is 394 g/mol. The van der Waals surface area contributed by atoms with E-state index >= 15 is 0 Å². The van der Waals surface area contributed by atoms with Gasteiger partial charge < -0.3 is 16.0 Å². The molecule has 1 aliphatic heterocycles. The van der Waals surface area contributed by atoms with Crippen LogP contribution in [0.25, 0.3) is 0 Å². The largest absolute Gasteiger partial charge is 0.352 e. The summed E-state index contributed by atoms with van der Waals surface area (Å²) in [7, 11) is -4.08. The van der Waals surface area contributed by atoms with Crippen LogP contribution in [0.4, 0.5) is 13.6 Å². The average Bonchev–Trinajstić information content (AvgIpc) is 2.64. The second-order valence-electron chi connectivity index (χ2n) is 6.46. The standard InChI is InChI=1S/C17H24F2N4O4S/c18-13-5-6-15(14(19)12-13)28(26,27)23-10-8-22(9-11-23)16(24)4-2-1-3-7-21-17(20)25/h5-6,12H,1-4,7-11H2,(H3,20,21,25). The predicted octanol–water partition coefficient (Wildman–Crippen LogP) is 1.03. The van der Waals surface area contributed by atoms with Crippen molar-refractivity contribution in [1.82, 2.24) is 14.5 Å². The van der Waals surface area contributed by atoms with E-state index in [-0.39, 0.29) is 32.1 Å². The molecule has 0 aliphatic carbocycles. The third-order valence-electron chi connectivity index (χ3n) is 4.47. The lowest BCUT2D eigenvalue weighted by Gasteiger charge is -2.34. The van der Waals surface area contributed by atoms with Gasteiger partial charge in [-0.2, -0.15) is 4.31 Å². The van der Waals surface area contributed by atoms with Crippen LogP contribution in [0.1, 0.15) is 25.7 Å². The highest BCUT2D eigenvalue weighted by atomic mass is 32.2. The Hall–Kier alpha value is -2.27. The van der Waals surface area contributed by atoms with Gasteiger partial charge in [0.1, 0.15) is 16.5 Å². The first-order chi connectivity index (χ1) is 13.2. The van der Waals surface area contributed by atoms with Crippen molar-refractivity contribution in [3.05, 3.63) is 29.8 Å². The van der Waals surface area contributed by atoms with Gasteiger partial charge in [-0.15, -0.1) is 0 Å². The van der Waals surface area contributed by atoms with Gasteiger partial charge in [0.25, 0.3) is 0 Å². The lowest BCUT2D eigenvalue weighted by Crippen LogP contribution is -2.50. The number of urea groups is 1. The smallest absolute Gasteiger partial charge is 0.312 e. The Morgan fingerprint density at radius 2 is 1.75 bits per heavy atom. The molecule has 156 valence electrons. The maximum absolute atomic E-state index is 13.8. The molecule has 1 heterocycles. The van der Waals surface area contributed by atoms with Gasteiger partial charge in [0, 0.05) is 45.2 Å². The van der Waals surface area contributed by atoms with Gasteiger partial charge in [-0.3, -0.25) is 4.79 Å². The summed E-state index contributed by atoms with van der Waals surface area (Å²) in [6.45, 7) is 0.981. The number of piperazine rings is 1. The maximum atomic E-state index is 13.8. The van der Waals surface area contributed by atoms with Crippen molar-refractivity contribution >= 4 is 22.0 Å². The normalized spacial score (nSPS) is 15.4. The highest BCUT2D eigenvalue weighted by molar-refractivity contribution is 7.89. The number of carbonyl (C=O) groups excluding carboxylic acids is 2. The zero-order valence-electron chi connectivity index (χ0n) is 15.4. The molecule has 2 rings (SSSR count). The Bertz CT molecular complexity index is 811. The molecular formula is C17H24F2N4O4S. The second-order valence-corrected chi connectivity index (χ2v) is 8.37. The van der Waals surface area contributed by atoms with E-state index in [1.807, 2.05) is 0 Å². The highest BCUT2D eigenvalue weighted by Gasteiger charge is 2.31. The summed E-state index contributed by atoms with van der Waals surface area (Å²) in [4.78, 5) is 23.8. The molecule has 11 heteroatoms. The Labute approximate surface area is 162 Å². The number of halogens is 2. The number of amides is 3. The van der Waals surface area contributed by atoms with E-state index in [9.17, 15) is 26.8 Å². The number of nitrogens with two attached hydrogens (primary N) is 1. The third kappa shape index (κ3) is 5.86. The lowest BCUT2D eigenvalue weighted by molar-refractivity contribution is -0.132. The number of primary amides is 1. The fourth-order valence-electron chi connectivity index (χ4n) is 2.95. The van der Waals surface area contributed by atoms with Crippen LogP contribution in [0.5, 0.6) is 0 Å². The van der Waals surface area contributed by atoms with Crippen molar-refractivity contribution in [2.45, 2.75) is 30.6 Å². The van der Waals surface area contributed by atoms with Crippen LogP contribution in [-0.4, -0.2) is 62.3 Å². The Morgan fingerprint density at radius 1 is 1.07 bits per heavy atom. The maximum Gasteiger partial charge on any atom is 0.312 e. The first-order valence-electron chi connectivity index (χ1n) is 8.98. The van der Waals surface area contributed by atoms with Crippen LogP contribution in [0, 0.1) is 11.6 Å². The Balaban J connectivity index is 1.80. The topological polar surface area (TPSA) is 113 Å². The third-order valence-corrected chi connectivity index (χ3v) is 6.40. The van der Waals surface area contributed by atoms with Crippen LogP contribution in [-0.2, 0) is 14.8 Å². The molecule has 3 amide bonds. The summed E-state index contributed by atoms with van der Waals surface area (Å²) in [5.41, 5.74) is 4.95. The van der Waals surface area contributed by atoms with Gasteiger partial charge in [-0.25, -0.2) is 22.0 Å². The summed E-state index contributed by atoms with van der Waals surface area (Å²) < 4.78 is 53.0. The molecule has 1 aromatic carbocycles. The molecule has 1 aromatic rings. The summed E-state index contributed by atoms with van der Waals surface area (Å²) in [6, 6.07) is 1.76. The number of benzene rings is 1. The number of nitrogens with zero attached hydrogens (tertiary/aromatic N) is 2. The van der Waals surface area contributed by atoms with E-state index in [4.69, 9.17) is 5.73 Å². The molecule has 0 saturated carbocycles. The van der Waals surface area contributed by atoms with E-state index in [1.165, 1.54) is 0 Å². The van der Waals surface area contributed by atoms with E-state index < -0.39 is 32.6 Å². The highest BCUT2D eigenvalue weighted by Crippen LogP contribution is 2.21. The monoisotopic (exact) mass is 418 g/mol. The van der Waals surface area contributed by atoms with Crippen molar-refractivity contribution < 1.29 is 26.8 Å². The number of rotatable bonds is 8. The van der Waals surface area contributed by atoms with Crippen molar-refractivity contribution in [3.8, 4) is 0 Å². The molecule has 3 N–H and O–H groups in total. The zero-order chi connectivity index (χ0) is 20.7. The van der Waals surface area contributed by atoms with E-state index in [1.54, 1.807) is 4.90 Å². The van der Waals surface area contributed by atoms with Gasteiger partial charge in [-0.05, 0) is 25.0 Å². The average molecular weight is 418 g/mol. The molecule has 0 radical (unpaired) electrons. The van der Waals surface area contributed by atoms with Crippen molar-refractivity contribution in [2.75, 3.05) is 32.7 Å². The number of hydrogen-bond acceptors (Lipinski definition) is 4. The number of sulfonamides is 1. The van der Waals surface area contributed by atoms with Crippen LogP contribution >= 0.6 is 0 Å². The number of unbranched alkanes of at least 4 members (excludes halogenated alkanes) is 2. The number of carbonyl (C=O) groups is 2. The quantitative estimate of drug-likeness (QED) is 0.614. The predicted molar refractivity (Wildman–Crippen MR) is 97.8 cm³/mol. The molecule has 0 atom stereocenters. The molecule has 0 unspecified atom stereocenters. The minimum Gasteiger partial charge on any atom is -0.352 e. The Morgan fingerprint density at radius 3 is 2.36 bits per heavy atom. The van der Waals surface area contributed by atoms with E-state index in [0.717, 1.165) is 22.9 Å². The molecule has 0 aromatic heterocycles. The van der Waals surface area contributed by atoms with E-state index in [0.29, 0.717) is 31.9 Å². The molecule has 1 aliphatic rings. The fourth-order valence-corrected chi connectivity index (χ4v) is 4.42. The molecule has 8 nitrogen and oxygen atoms in total. The summed E-state index contributed by atoms with van der Waals surface area (Å²) >= 11 is 0. The number of hydrogen-bond donors (Lipinski definition) is 2. The van der Waals surface area contributed by atoms with Gasteiger partial charge in [-0.1, -0.05) is 6.42 Å². The minimum absolute atomic E-state index is 0.0490. The minimum atomic E-state index is -4.08. The van der Waals surface area contributed by atoms with Gasteiger partial charge in [0.05, 0.1) is 0 Å². The fraction of sp³-hybridized carbons (Fsp3) is 0.529. The van der Waals surface area contributed by atoms with E-state index in [2.05, 4.69) is 5.32 Å². The summed E-state index contributed by atoms with van der Waals surface area (Å²) in [5.74, 6) is -2.06. The van der Waals surface area contributed by atoms with Crippen LogP contribution in [0.15, 0.2) is 23.1 Å². The molecule has 0 bridgehead atoms. The molecule has 1 fully saturated rings. The van der Waals surface area contributed by atoms with Crippen LogP contribution in [0.3, 0.4) is 0 Å². The van der Waals surface area contributed by atoms with Crippen molar-refractivity contribution in [1.29, 1.82) is 0 Å². The summed E-state index contributed by atoms with van der Waals surface area (Å²) in [5, 5.41) is 2.47. The Kier molecular flexibility index (Phi) is 7.69. The molecule has 28 heavy (non-hydrogen) atoms. The van der Waals surface area contributed by atoms with Crippen LogP contribution < -0.4 is 11.1 Å². The molecule has 0 spiro atoms. The van der Waals surface area contributed by atoms with Crippen LogP contribution in [0.2, 0.25) is 0 Å². The van der Waals surface area contributed by atoms with Gasteiger partial charge >= 0.3 is 6.03 Å². The second kappa shape index (κ2) is 9.78. The first kappa shape index (κ1) is 22.0.